The lowest BCUT2D eigenvalue weighted by Gasteiger charge is -2.04. The lowest BCUT2D eigenvalue weighted by molar-refractivity contribution is -0.148. The van der Waals surface area contributed by atoms with Crippen molar-refractivity contribution in [3.63, 3.8) is 0 Å². The number of allylic oxidation sites excluding steroid dienone is 1. The van der Waals surface area contributed by atoms with Gasteiger partial charge in [0.15, 0.2) is 0 Å². The zero-order chi connectivity index (χ0) is 8.65. The number of carboxylic acid groups (broad SMARTS) is 1. The lowest BCUT2D eigenvalue weighted by Crippen LogP contribution is -2.25. The fourth-order valence-corrected chi connectivity index (χ4v) is 1.37. The quantitative estimate of drug-likeness (QED) is 0.484. The molecule has 0 saturated heterocycles. The molecular weight excluding hydrogens is 144 g/mol. The number of carbonyl (C=O) groups excluding carboxylic acids is 1. The van der Waals surface area contributed by atoms with Gasteiger partial charge in [-0.2, -0.15) is 0 Å². The highest BCUT2D eigenvalue weighted by atomic mass is 16.4. The topological polar surface area (TPSA) is 54.4 Å². The monoisotopic (exact) mass is 154 g/mol. The van der Waals surface area contributed by atoms with Gasteiger partial charge in [0.1, 0.15) is 11.2 Å². The van der Waals surface area contributed by atoms with Crippen LogP contribution in [0.4, 0.5) is 0 Å². The summed E-state index contributed by atoms with van der Waals surface area (Å²) in [6.07, 6.45) is 1.96. The molecule has 60 valence electrons. The molecule has 0 aliphatic heterocycles. The van der Waals surface area contributed by atoms with Crippen molar-refractivity contribution in [1.29, 1.82) is 0 Å². The molecule has 1 fully saturated rings. The van der Waals surface area contributed by atoms with Gasteiger partial charge in [0.05, 0.1) is 0 Å². The summed E-state index contributed by atoms with van der Waals surface area (Å²) >= 11 is 0. The van der Waals surface area contributed by atoms with Crippen LogP contribution in [-0.4, -0.2) is 16.9 Å². The molecule has 0 aromatic heterocycles. The van der Waals surface area contributed by atoms with Crippen LogP contribution in [0.1, 0.15) is 13.3 Å². The molecule has 1 rings (SSSR count). The van der Waals surface area contributed by atoms with E-state index in [4.69, 9.17) is 5.11 Å². The van der Waals surface area contributed by atoms with Crippen molar-refractivity contribution in [2.75, 3.05) is 0 Å². The first-order valence-electron chi connectivity index (χ1n) is 3.42. The number of hydrogen-bond donors (Lipinski definition) is 1. The van der Waals surface area contributed by atoms with Crippen LogP contribution < -0.4 is 0 Å². The van der Waals surface area contributed by atoms with Gasteiger partial charge in [0, 0.05) is 5.92 Å². The summed E-state index contributed by atoms with van der Waals surface area (Å²) in [5.74, 6) is -1.44. The first kappa shape index (κ1) is 7.98. The SMILES string of the molecule is C=CC1CC1(C(C)=O)C(=O)O. The highest BCUT2D eigenvalue weighted by Crippen LogP contribution is 2.54. The van der Waals surface area contributed by atoms with Crippen molar-refractivity contribution < 1.29 is 14.7 Å². The zero-order valence-electron chi connectivity index (χ0n) is 6.33. The molecule has 0 spiro atoms. The van der Waals surface area contributed by atoms with E-state index < -0.39 is 11.4 Å². The molecule has 3 nitrogen and oxygen atoms in total. The maximum Gasteiger partial charge on any atom is 0.317 e. The van der Waals surface area contributed by atoms with Crippen LogP contribution in [0.25, 0.3) is 0 Å². The van der Waals surface area contributed by atoms with Crippen LogP contribution in [0.5, 0.6) is 0 Å². The third-order valence-corrected chi connectivity index (χ3v) is 2.31. The minimum Gasteiger partial charge on any atom is -0.480 e. The highest BCUT2D eigenvalue weighted by Gasteiger charge is 2.62. The third kappa shape index (κ3) is 0.878. The molecule has 0 amide bonds. The highest BCUT2D eigenvalue weighted by molar-refractivity contribution is 6.05. The molecule has 3 heteroatoms. The summed E-state index contributed by atoms with van der Waals surface area (Å²) in [4.78, 5) is 21.5. The number of carboxylic acids is 1. The number of hydrogen-bond acceptors (Lipinski definition) is 2. The normalized spacial score (nSPS) is 34.5. The van der Waals surface area contributed by atoms with Gasteiger partial charge >= 0.3 is 5.97 Å². The minimum absolute atomic E-state index is 0.155. The van der Waals surface area contributed by atoms with Gasteiger partial charge in [-0.25, -0.2) is 0 Å². The molecule has 1 N–H and O–H groups in total. The Labute approximate surface area is 64.7 Å². The second kappa shape index (κ2) is 2.19. The Morgan fingerprint density at radius 2 is 2.27 bits per heavy atom. The van der Waals surface area contributed by atoms with Gasteiger partial charge < -0.3 is 5.11 Å². The summed E-state index contributed by atoms with van der Waals surface area (Å²) < 4.78 is 0. The molecular formula is C8H10O3. The molecule has 2 atom stereocenters. The molecule has 0 aromatic rings. The third-order valence-electron chi connectivity index (χ3n) is 2.31. The Bertz CT molecular complexity index is 215. The molecule has 0 aromatic carbocycles. The molecule has 1 saturated carbocycles. The first-order valence-corrected chi connectivity index (χ1v) is 3.42. The van der Waals surface area contributed by atoms with Crippen LogP contribution >= 0.6 is 0 Å². The lowest BCUT2D eigenvalue weighted by atomic mass is 9.99. The second-order valence-electron chi connectivity index (χ2n) is 2.88. The molecule has 1 aliphatic carbocycles. The van der Waals surface area contributed by atoms with Crippen LogP contribution in [-0.2, 0) is 9.59 Å². The van der Waals surface area contributed by atoms with Crippen molar-refractivity contribution in [2.45, 2.75) is 13.3 Å². The smallest absolute Gasteiger partial charge is 0.317 e. The average molecular weight is 154 g/mol. The predicted octanol–water partition coefficient (Wildman–Crippen LogP) is 0.852. The van der Waals surface area contributed by atoms with Crippen molar-refractivity contribution in [2.24, 2.45) is 11.3 Å². The van der Waals surface area contributed by atoms with Gasteiger partial charge in [-0.3, -0.25) is 9.59 Å². The molecule has 0 bridgehead atoms. The second-order valence-corrected chi connectivity index (χ2v) is 2.88. The van der Waals surface area contributed by atoms with Gasteiger partial charge in [-0.05, 0) is 13.3 Å². The van der Waals surface area contributed by atoms with E-state index in [0.29, 0.717) is 6.42 Å². The summed E-state index contributed by atoms with van der Waals surface area (Å²) in [5.41, 5.74) is -1.12. The van der Waals surface area contributed by atoms with E-state index in [0.717, 1.165) is 0 Å². The number of rotatable bonds is 3. The Hall–Kier alpha value is -1.12. The number of aliphatic carboxylic acids is 1. The van der Waals surface area contributed by atoms with Gasteiger partial charge in [-0.1, -0.05) is 6.08 Å². The van der Waals surface area contributed by atoms with Crippen LogP contribution in [0, 0.1) is 11.3 Å². The van der Waals surface area contributed by atoms with E-state index in [1.54, 1.807) is 0 Å². The van der Waals surface area contributed by atoms with Crippen LogP contribution in [0.3, 0.4) is 0 Å². The largest absolute Gasteiger partial charge is 0.480 e. The van der Waals surface area contributed by atoms with E-state index in [1.165, 1.54) is 13.0 Å². The number of Topliss-reactive ketones (excluding diaryl/α,β-unsaturated/α-hetero) is 1. The number of carbonyl (C=O) groups is 2. The number of ketones is 1. The fraction of sp³-hybridized carbons (Fsp3) is 0.500. The maximum absolute atomic E-state index is 10.9. The molecule has 2 unspecified atom stereocenters. The van der Waals surface area contributed by atoms with E-state index in [-0.39, 0.29) is 11.7 Å². The average Bonchev–Trinajstić information content (AvgIpc) is 2.61. The minimum atomic E-state index is -1.12. The molecule has 0 radical (unpaired) electrons. The van der Waals surface area contributed by atoms with Crippen molar-refractivity contribution in [1.82, 2.24) is 0 Å². The predicted molar refractivity (Wildman–Crippen MR) is 39.1 cm³/mol. The van der Waals surface area contributed by atoms with Crippen LogP contribution in [0.2, 0.25) is 0 Å². The van der Waals surface area contributed by atoms with Crippen molar-refractivity contribution in [3.8, 4) is 0 Å². The Balaban J connectivity index is 2.87. The summed E-state index contributed by atoms with van der Waals surface area (Å²) in [6, 6.07) is 0. The zero-order valence-corrected chi connectivity index (χ0v) is 6.33. The van der Waals surface area contributed by atoms with E-state index in [2.05, 4.69) is 6.58 Å². The van der Waals surface area contributed by atoms with E-state index in [1.807, 2.05) is 0 Å². The Morgan fingerprint density at radius 3 is 2.36 bits per heavy atom. The Kier molecular flexibility index (Phi) is 1.59. The van der Waals surface area contributed by atoms with Crippen molar-refractivity contribution >= 4 is 11.8 Å². The Morgan fingerprint density at radius 1 is 1.73 bits per heavy atom. The summed E-state index contributed by atoms with van der Waals surface area (Å²) in [7, 11) is 0. The summed E-state index contributed by atoms with van der Waals surface area (Å²) in [5, 5.41) is 8.71. The van der Waals surface area contributed by atoms with E-state index >= 15 is 0 Å². The van der Waals surface area contributed by atoms with Gasteiger partial charge in [0.2, 0.25) is 0 Å². The maximum atomic E-state index is 10.9. The molecule has 0 heterocycles. The molecule has 11 heavy (non-hydrogen) atoms. The van der Waals surface area contributed by atoms with Gasteiger partial charge in [0.25, 0.3) is 0 Å². The summed E-state index contributed by atoms with van der Waals surface area (Å²) in [6.45, 7) is 4.78. The van der Waals surface area contributed by atoms with E-state index in [9.17, 15) is 9.59 Å². The fourth-order valence-electron chi connectivity index (χ4n) is 1.37. The van der Waals surface area contributed by atoms with Gasteiger partial charge in [-0.15, -0.1) is 6.58 Å². The van der Waals surface area contributed by atoms with Crippen LogP contribution in [0.15, 0.2) is 12.7 Å². The van der Waals surface area contributed by atoms with Crippen molar-refractivity contribution in [3.05, 3.63) is 12.7 Å². The standard InChI is InChI=1S/C8H10O3/c1-3-6-4-8(6,5(2)9)7(10)11/h3,6H,1,4H2,2H3,(H,10,11). The first-order chi connectivity index (χ1) is 5.05. The molecule has 1 aliphatic rings.